The van der Waals surface area contributed by atoms with Gasteiger partial charge >= 0.3 is 0 Å². The molecule has 2 aromatic carbocycles. The van der Waals surface area contributed by atoms with Gasteiger partial charge in [0.2, 0.25) is 0 Å². The average molecular weight is 295 g/mol. The Balaban J connectivity index is 1.75. The molecule has 4 heteroatoms. The first-order valence-electron chi connectivity index (χ1n) is 7.32. The summed E-state index contributed by atoms with van der Waals surface area (Å²) in [6.07, 6.45) is 1.74. The minimum atomic E-state index is -0.169. The Morgan fingerprint density at radius 2 is 1.82 bits per heavy atom. The van der Waals surface area contributed by atoms with Crippen LogP contribution in [0, 0.1) is 6.92 Å². The van der Waals surface area contributed by atoms with Gasteiger partial charge in [-0.3, -0.25) is 4.79 Å². The third-order valence-electron chi connectivity index (χ3n) is 3.32. The van der Waals surface area contributed by atoms with Crippen molar-refractivity contribution in [1.29, 1.82) is 0 Å². The fraction of sp³-hybridized carbons (Fsp3) is 0.222. The van der Waals surface area contributed by atoms with Crippen LogP contribution in [0.15, 0.2) is 59.7 Å². The zero-order valence-electron chi connectivity index (χ0n) is 12.9. The van der Waals surface area contributed by atoms with Crippen LogP contribution in [-0.2, 0) is 4.79 Å². The number of carbonyl (C=O) groups is 1. The quantitative estimate of drug-likeness (QED) is 0.634. The lowest BCUT2D eigenvalue weighted by Crippen LogP contribution is -2.26. The standard InChI is InChI=1S/C18H21N3O/c1-14-8-10-17(11-9-14)19-13-18(22)21-20-12-15(2)16-6-4-3-5-7-16/h3-12,15,19H,13H2,1-2H3,(H,21,22)/b20-12-/t15-/m1/s1. The zero-order valence-corrected chi connectivity index (χ0v) is 12.9. The summed E-state index contributed by atoms with van der Waals surface area (Å²) in [5, 5.41) is 7.06. The fourth-order valence-electron chi connectivity index (χ4n) is 1.96. The lowest BCUT2D eigenvalue weighted by Gasteiger charge is -2.07. The smallest absolute Gasteiger partial charge is 0.259 e. The van der Waals surface area contributed by atoms with Gasteiger partial charge in [0.05, 0.1) is 6.54 Å². The largest absolute Gasteiger partial charge is 0.376 e. The maximum atomic E-state index is 11.7. The maximum absolute atomic E-state index is 11.7. The summed E-state index contributed by atoms with van der Waals surface area (Å²) >= 11 is 0. The highest BCUT2D eigenvalue weighted by molar-refractivity contribution is 5.81. The van der Waals surface area contributed by atoms with Crippen LogP contribution in [0.3, 0.4) is 0 Å². The van der Waals surface area contributed by atoms with E-state index in [1.165, 1.54) is 11.1 Å². The summed E-state index contributed by atoms with van der Waals surface area (Å²) in [5.74, 6) is -0.0105. The molecule has 0 radical (unpaired) electrons. The molecule has 0 aliphatic carbocycles. The van der Waals surface area contributed by atoms with Crippen LogP contribution in [0.2, 0.25) is 0 Å². The molecule has 0 aliphatic heterocycles. The average Bonchev–Trinajstić information content (AvgIpc) is 2.55. The van der Waals surface area contributed by atoms with Crippen LogP contribution >= 0.6 is 0 Å². The minimum absolute atomic E-state index is 0.159. The van der Waals surface area contributed by atoms with E-state index in [1.807, 2.05) is 68.4 Å². The number of hydrogen-bond acceptors (Lipinski definition) is 3. The Morgan fingerprint density at radius 3 is 2.50 bits per heavy atom. The van der Waals surface area contributed by atoms with Gasteiger partial charge < -0.3 is 5.32 Å². The Morgan fingerprint density at radius 1 is 1.14 bits per heavy atom. The van der Waals surface area contributed by atoms with Crippen molar-refractivity contribution in [2.45, 2.75) is 19.8 Å². The van der Waals surface area contributed by atoms with E-state index in [2.05, 4.69) is 15.8 Å². The summed E-state index contributed by atoms with van der Waals surface area (Å²) in [5.41, 5.74) is 5.81. The third-order valence-corrected chi connectivity index (χ3v) is 3.32. The number of amides is 1. The Bertz CT molecular complexity index is 621. The summed E-state index contributed by atoms with van der Waals surface area (Å²) in [7, 11) is 0. The van der Waals surface area contributed by atoms with Gasteiger partial charge in [0.15, 0.2) is 0 Å². The van der Waals surface area contributed by atoms with Gasteiger partial charge in [0, 0.05) is 17.8 Å². The number of rotatable bonds is 6. The molecule has 0 fully saturated rings. The van der Waals surface area contributed by atoms with Crippen LogP contribution in [-0.4, -0.2) is 18.7 Å². The predicted molar refractivity (Wildman–Crippen MR) is 91.2 cm³/mol. The Hall–Kier alpha value is -2.62. The molecule has 0 aromatic heterocycles. The number of anilines is 1. The topological polar surface area (TPSA) is 53.5 Å². The number of hydrogen-bond donors (Lipinski definition) is 2. The van der Waals surface area contributed by atoms with Gasteiger partial charge in [0.1, 0.15) is 0 Å². The van der Waals surface area contributed by atoms with E-state index in [1.54, 1.807) is 6.21 Å². The van der Waals surface area contributed by atoms with Crippen molar-refractivity contribution in [2.24, 2.45) is 5.10 Å². The molecular weight excluding hydrogens is 274 g/mol. The molecule has 0 bridgehead atoms. The highest BCUT2D eigenvalue weighted by Crippen LogP contribution is 2.11. The second-order valence-corrected chi connectivity index (χ2v) is 5.23. The van der Waals surface area contributed by atoms with Crippen molar-refractivity contribution >= 4 is 17.8 Å². The monoisotopic (exact) mass is 295 g/mol. The minimum Gasteiger partial charge on any atom is -0.376 e. The Kier molecular flexibility index (Phi) is 5.72. The summed E-state index contributed by atoms with van der Waals surface area (Å²) in [6.45, 7) is 4.26. The number of nitrogens with zero attached hydrogens (tertiary/aromatic N) is 1. The summed E-state index contributed by atoms with van der Waals surface area (Å²) < 4.78 is 0. The SMILES string of the molecule is Cc1ccc(NCC(=O)N/N=C\[C@@H](C)c2ccccc2)cc1. The van der Waals surface area contributed by atoms with E-state index in [4.69, 9.17) is 0 Å². The van der Waals surface area contributed by atoms with E-state index in [0.29, 0.717) is 0 Å². The van der Waals surface area contributed by atoms with Crippen molar-refractivity contribution in [3.63, 3.8) is 0 Å². The van der Waals surface area contributed by atoms with Crippen molar-refractivity contribution in [1.82, 2.24) is 5.43 Å². The maximum Gasteiger partial charge on any atom is 0.259 e. The highest BCUT2D eigenvalue weighted by Gasteiger charge is 2.02. The molecule has 0 heterocycles. The van der Waals surface area contributed by atoms with Crippen molar-refractivity contribution < 1.29 is 4.79 Å². The first-order chi connectivity index (χ1) is 10.6. The molecule has 0 saturated heterocycles. The van der Waals surface area contributed by atoms with E-state index in [-0.39, 0.29) is 18.4 Å². The summed E-state index contributed by atoms with van der Waals surface area (Å²) in [6, 6.07) is 17.9. The highest BCUT2D eigenvalue weighted by atomic mass is 16.2. The third kappa shape index (κ3) is 5.05. The molecule has 1 atom stereocenters. The number of nitrogens with one attached hydrogen (secondary N) is 2. The first-order valence-corrected chi connectivity index (χ1v) is 7.32. The molecule has 114 valence electrons. The van der Waals surface area contributed by atoms with Gasteiger partial charge in [-0.25, -0.2) is 5.43 Å². The van der Waals surface area contributed by atoms with Crippen LogP contribution in [0.25, 0.3) is 0 Å². The molecule has 2 N–H and O–H groups in total. The van der Waals surface area contributed by atoms with E-state index in [0.717, 1.165) is 5.69 Å². The van der Waals surface area contributed by atoms with Crippen molar-refractivity contribution in [2.75, 3.05) is 11.9 Å². The Labute approximate surface area is 131 Å². The lowest BCUT2D eigenvalue weighted by atomic mass is 10.0. The predicted octanol–water partition coefficient (Wildman–Crippen LogP) is 3.31. The van der Waals surface area contributed by atoms with Crippen LogP contribution in [0.5, 0.6) is 0 Å². The number of hydrazone groups is 1. The number of aryl methyl sites for hydroxylation is 1. The molecule has 22 heavy (non-hydrogen) atoms. The molecule has 1 amide bonds. The van der Waals surface area contributed by atoms with Gasteiger partial charge in [0.25, 0.3) is 5.91 Å². The zero-order chi connectivity index (χ0) is 15.8. The first kappa shape index (κ1) is 15.8. The molecule has 0 saturated carbocycles. The van der Waals surface area contributed by atoms with Crippen LogP contribution < -0.4 is 10.7 Å². The normalized spacial score (nSPS) is 12.1. The lowest BCUT2D eigenvalue weighted by molar-refractivity contribution is -0.119. The molecule has 4 nitrogen and oxygen atoms in total. The molecular formula is C18H21N3O. The molecule has 0 aliphatic rings. The van der Waals surface area contributed by atoms with Gasteiger partial charge in [-0.05, 0) is 24.6 Å². The molecule has 2 aromatic rings. The van der Waals surface area contributed by atoms with Gasteiger partial charge in [-0.1, -0.05) is 55.0 Å². The number of benzene rings is 2. The van der Waals surface area contributed by atoms with E-state index < -0.39 is 0 Å². The van der Waals surface area contributed by atoms with Crippen molar-refractivity contribution in [3.05, 3.63) is 65.7 Å². The van der Waals surface area contributed by atoms with Crippen molar-refractivity contribution in [3.8, 4) is 0 Å². The molecule has 0 unspecified atom stereocenters. The van der Waals surface area contributed by atoms with E-state index >= 15 is 0 Å². The van der Waals surface area contributed by atoms with E-state index in [9.17, 15) is 4.79 Å². The molecule has 2 rings (SSSR count). The second kappa shape index (κ2) is 7.98. The van der Waals surface area contributed by atoms with Crippen LogP contribution in [0.4, 0.5) is 5.69 Å². The van der Waals surface area contributed by atoms with Crippen LogP contribution in [0.1, 0.15) is 24.0 Å². The number of carbonyl (C=O) groups excluding carboxylic acids is 1. The second-order valence-electron chi connectivity index (χ2n) is 5.23. The molecule has 0 spiro atoms. The summed E-state index contributed by atoms with van der Waals surface area (Å²) in [4.78, 5) is 11.7. The van der Waals surface area contributed by atoms with Gasteiger partial charge in [-0.15, -0.1) is 0 Å². The van der Waals surface area contributed by atoms with Gasteiger partial charge in [-0.2, -0.15) is 5.10 Å². The fourth-order valence-corrected chi connectivity index (χ4v) is 1.96.